The summed E-state index contributed by atoms with van der Waals surface area (Å²) in [6.45, 7) is 4.19. The van der Waals surface area contributed by atoms with Crippen molar-refractivity contribution in [3.05, 3.63) is 40.5 Å². The fourth-order valence-electron chi connectivity index (χ4n) is 1.54. The van der Waals surface area contributed by atoms with Gasteiger partial charge in [0.2, 0.25) is 5.95 Å². The zero-order valence-corrected chi connectivity index (χ0v) is 12.8. The van der Waals surface area contributed by atoms with Crippen LogP contribution in [-0.2, 0) is 0 Å². The third-order valence-electron chi connectivity index (χ3n) is 2.84. The highest BCUT2D eigenvalue weighted by Crippen LogP contribution is 2.26. The van der Waals surface area contributed by atoms with Gasteiger partial charge in [-0.15, -0.1) is 0 Å². The van der Waals surface area contributed by atoms with Gasteiger partial charge in [-0.25, -0.2) is 4.98 Å². The molecule has 2 rings (SSSR count). The molecule has 0 saturated heterocycles. The van der Waals surface area contributed by atoms with E-state index in [1.54, 1.807) is 24.4 Å². The fourth-order valence-corrected chi connectivity index (χ4v) is 1.84. The van der Waals surface area contributed by atoms with Gasteiger partial charge in [0.25, 0.3) is 0 Å². The van der Waals surface area contributed by atoms with Gasteiger partial charge in [-0.2, -0.15) is 4.98 Å². The summed E-state index contributed by atoms with van der Waals surface area (Å²) < 4.78 is 0. The molecule has 0 fully saturated rings. The summed E-state index contributed by atoms with van der Waals surface area (Å²) in [6, 6.07) is 7.47. The SMILES string of the molecule is CCC(C)Nc1nccc(Nc2ccc(Cl)c(Cl)c2)n1. The van der Waals surface area contributed by atoms with E-state index in [1.807, 2.05) is 6.07 Å². The second-order valence-corrected chi connectivity index (χ2v) is 5.29. The molecule has 0 aliphatic carbocycles. The molecule has 2 N–H and O–H groups in total. The molecule has 4 nitrogen and oxygen atoms in total. The summed E-state index contributed by atoms with van der Waals surface area (Å²) in [4.78, 5) is 8.59. The molecule has 0 aliphatic rings. The van der Waals surface area contributed by atoms with E-state index >= 15 is 0 Å². The zero-order chi connectivity index (χ0) is 14.5. The maximum atomic E-state index is 5.98. The number of nitrogens with zero attached hydrogens (tertiary/aromatic N) is 2. The summed E-state index contributed by atoms with van der Waals surface area (Å²) in [5, 5.41) is 7.43. The molecule has 1 unspecified atom stereocenters. The molecule has 106 valence electrons. The average molecular weight is 311 g/mol. The monoisotopic (exact) mass is 310 g/mol. The number of hydrogen-bond donors (Lipinski definition) is 2. The van der Waals surface area contributed by atoms with Crippen LogP contribution in [0.4, 0.5) is 17.5 Å². The Morgan fingerprint density at radius 1 is 1.20 bits per heavy atom. The van der Waals surface area contributed by atoms with Crippen molar-refractivity contribution < 1.29 is 0 Å². The van der Waals surface area contributed by atoms with E-state index in [2.05, 4.69) is 34.4 Å². The first-order valence-corrected chi connectivity index (χ1v) is 7.15. The van der Waals surface area contributed by atoms with Gasteiger partial charge >= 0.3 is 0 Å². The molecule has 1 aromatic carbocycles. The second kappa shape index (κ2) is 6.77. The molecule has 6 heteroatoms. The molecular weight excluding hydrogens is 295 g/mol. The number of rotatable bonds is 5. The molecule has 0 aliphatic heterocycles. The molecule has 1 atom stereocenters. The Labute approximate surface area is 128 Å². The molecule has 0 bridgehead atoms. The number of nitrogens with one attached hydrogen (secondary N) is 2. The van der Waals surface area contributed by atoms with Gasteiger partial charge in [0.05, 0.1) is 10.0 Å². The summed E-state index contributed by atoms with van der Waals surface area (Å²) in [5.41, 5.74) is 0.826. The highest BCUT2D eigenvalue weighted by molar-refractivity contribution is 6.42. The van der Waals surface area contributed by atoms with Crippen molar-refractivity contribution in [1.82, 2.24) is 9.97 Å². The van der Waals surface area contributed by atoms with E-state index in [1.165, 1.54) is 0 Å². The molecule has 1 aromatic heterocycles. The van der Waals surface area contributed by atoms with Crippen LogP contribution in [0, 0.1) is 0 Å². The molecule has 2 aromatic rings. The number of hydrogen-bond acceptors (Lipinski definition) is 4. The lowest BCUT2D eigenvalue weighted by atomic mass is 10.3. The molecule has 1 heterocycles. The van der Waals surface area contributed by atoms with Gasteiger partial charge in [-0.05, 0) is 37.6 Å². The van der Waals surface area contributed by atoms with Gasteiger partial charge in [-0.3, -0.25) is 0 Å². The quantitative estimate of drug-likeness (QED) is 0.837. The maximum absolute atomic E-state index is 5.98. The van der Waals surface area contributed by atoms with Crippen LogP contribution < -0.4 is 10.6 Å². The fraction of sp³-hybridized carbons (Fsp3) is 0.286. The topological polar surface area (TPSA) is 49.8 Å². The van der Waals surface area contributed by atoms with Crippen molar-refractivity contribution in [2.75, 3.05) is 10.6 Å². The minimum absolute atomic E-state index is 0.329. The van der Waals surface area contributed by atoms with Crippen molar-refractivity contribution in [3.8, 4) is 0 Å². The lowest BCUT2D eigenvalue weighted by molar-refractivity contribution is 0.753. The van der Waals surface area contributed by atoms with E-state index in [0.29, 0.717) is 27.9 Å². The summed E-state index contributed by atoms with van der Waals surface area (Å²) in [6.07, 6.45) is 2.71. The van der Waals surface area contributed by atoms with Crippen LogP contribution in [0.5, 0.6) is 0 Å². The molecule has 0 amide bonds. The van der Waals surface area contributed by atoms with Crippen molar-refractivity contribution in [2.24, 2.45) is 0 Å². The number of halogens is 2. The normalized spacial score (nSPS) is 12.0. The van der Waals surface area contributed by atoms with Crippen LogP contribution in [0.15, 0.2) is 30.5 Å². The first-order valence-electron chi connectivity index (χ1n) is 6.40. The number of aromatic nitrogens is 2. The van der Waals surface area contributed by atoms with Crippen LogP contribution in [0.1, 0.15) is 20.3 Å². The number of benzene rings is 1. The predicted molar refractivity (Wildman–Crippen MR) is 85.2 cm³/mol. The van der Waals surface area contributed by atoms with E-state index in [9.17, 15) is 0 Å². The highest BCUT2D eigenvalue weighted by Gasteiger charge is 2.04. The average Bonchev–Trinajstić information content (AvgIpc) is 2.43. The standard InChI is InChI=1S/C14H16Cl2N4/c1-3-9(2)18-14-17-7-6-13(20-14)19-10-4-5-11(15)12(16)8-10/h4-9H,3H2,1-2H3,(H2,17,18,19,20). The molecule has 0 radical (unpaired) electrons. The van der Waals surface area contributed by atoms with Gasteiger partial charge in [0, 0.05) is 17.9 Å². The largest absolute Gasteiger partial charge is 0.352 e. The van der Waals surface area contributed by atoms with Crippen molar-refractivity contribution in [1.29, 1.82) is 0 Å². The van der Waals surface area contributed by atoms with Crippen LogP contribution in [0.2, 0.25) is 10.0 Å². The molecule has 0 spiro atoms. The van der Waals surface area contributed by atoms with E-state index in [0.717, 1.165) is 12.1 Å². The highest BCUT2D eigenvalue weighted by atomic mass is 35.5. The Hall–Kier alpha value is -1.52. The summed E-state index contributed by atoms with van der Waals surface area (Å²) >= 11 is 11.9. The minimum atomic E-state index is 0.329. The smallest absolute Gasteiger partial charge is 0.224 e. The Balaban J connectivity index is 2.12. The van der Waals surface area contributed by atoms with Crippen LogP contribution >= 0.6 is 23.2 Å². The lowest BCUT2D eigenvalue weighted by Crippen LogP contribution is -2.15. The summed E-state index contributed by atoms with van der Waals surface area (Å²) in [7, 11) is 0. The Morgan fingerprint density at radius 2 is 2.00 bits per heavy atom. The van der Waals surface area contributed by atoms with Gasteiger partial charge in [-0.1, -0.05) is 30.1 Å². The first-order chi connectivity index (χ1) is 9.58. The second-order valence-electron chi connectivity index (χ2n) is 4.47. The van der Waals surface area contributed by atoms with Gasteiger partial charge < -0.3 is 10.6 Å². The lowest BCUT2D eigenvalue weighted by Gasteiger charge is -2.12. The van der Waals surface area contributed by atoms with Crippen LogP contribution in [0.25, 0.3) is 0 Å². The predicted octanol–water partition coefficient (Wildman–Crippen LogP) is 4.74. The van der Waals surface area contributed by atoms with Gasteiger partial charge in [0.15, 0.2) is 0 Å². The Kier molecular flexibility index (Phi) is 5.04. The van der Waals surface area contributed by atoms with Crippen LogP contribution in [0.3, 0.4) is 0 Å². The van der Waals surface area contributed by atoms with Gasteiger partial charge in [0.1, 0.15) is 5.82 Å². The van der Waals surface area contributed by atoms with E-state index in [4.69, 9.17) is 23.2 Å². The van der Waals surface area contributed by atoms with E-state index < -0.39 is 0 Å². The third-order valence-corrected chi connectivity index (χ3v) is 3.57. The van der Waals surface area contributed by atoms with E-state index in [-0.39, 0.29) is 0 Å². The molecule has 20 heavy (non-hydrogen) atoms. The minimum Gasteiger partial charge on any atom is -0.352 e. The molecular formula is C14H16Cl2N4. The van der Waals surface area contributed by atoms with Crippen molar-refractivity contribution >= 4 is 40.7 Å². The van der Waals surface area contributed by atoms with Crippen molar-refractivity contribution in [3.63, 3.8) is 0 Å². The Morgan fingerprint density at radius 3 is 2.70 bits per heavy atom. The third kappa shape index (κ3) is 3.99. The first kappa shape index (κ1) is 14.9. The zero-order valence-electron chi connectivity index (χ0n) is 11.3. The van der Waals surface area contributed by atoms with Crippen LogP contribution in [-0.4, -0.2) is 16.0 Å². The number of anilines is 3. The van der Waals surface area contributed by atoms with Crippen molar-refractivity contribution in [2.45, 2.75) is 26.3 Å². The Bertz CT molecular complexity index is 589. The maximum Gasteiger partial charge on any atom is 0.224 e. The summed E-state index contributed by atoms with van der Waals surface area (Å²) in [5.74, 6) is 1.30. The molecule has 0 saturated carbocycles.